The topological polar surface area (TPSA) is 70.5 Å². The number of nitrogens with zero attached hydrogens (tertiary/aromatic N) is 2. The highest BCUT2D eigenvalue weighted by Gasteiger charge is 2.12. The van der Waals surface area contributed by atoms with Crippen molar-refractivity contribution in [3.05, 3.63) is 58.3 Å². The molecule has 0 spiro atoms. The SMILES string of the molecule is CCOc1ccc(-c2nc(COC(=O)c3ccc(Cl)nc3)cs2)cc1OC. The Bertz CT molecular complexity index is 928. The molecule has 0 aliphatic carbocycles. The van der Waals surface area contributed by atoms with Crippen molar-refractivity contribution in [1.82, 2.24) is 9.97 Å². The van der Waals surface area contributed by atoms with Crippen molar-refractivity contribution in [3.8, 4) is 22.1 Å². The number of pyridine rings is 1. The van der Waals surface area contributed by atoms with E-state index in [4.69, 9.17) is 25.8 Å². The molecule has 0 fully saturated rings. The van der Waals surface area contributed by atoms with E-state index in [0.29, 0.717) is 34.5 Å². The zero-order valence-corrected chi connectivity index (χ0v) is 16.3. The monoisotopic (exact) mass is 404 g/mol. The average Bonchev–Trinajstić information content (AvgIpc) is 3.16. The molecule has 0 radical (unpaired) electrons. The molecule has 140 valence electrons. The Balaban J connectivity index is 1.67. The van der Waals surface area contributed by atoms with Crippen LogP contribution in [0.3, 0.4) is 0 Å². The molecule has 2 aromatic heterocycles. The lowest BCUT2D eigenvalue weighted by Crippen LogP contribution is -2.05. The third-order valence-electron chi connectivity index (χ3n) is 3.58. The molecule has 0 saturated carbocycles. The van der Waals surface area contributed by atoms with Crippen LogP contribution in [0.2, 0.25) is 5.15 Å². The summed E-state index contributed by atoms with van der Waals surface area (Å²) in [5.74, 6) is 0.857. The molecule has 3 rings (SSSR count). The quantitative estimate of drug-likeness (QED) is 0.422. The average molecular weight is 405 g/mol. The van der Waals surface area contributed by atoms with Crippen LogP contribution in [0.4, 0.5) is 0 Å². The van der Waals surface area contributed by atoms with Crippen molar-refractivity contribution < 1.29 is 19.0 Å². The maximum absolute atomic E-state index is 12.0. The van der Waals surface area contributed by atoms with E-state index < -0.39 is 5.97 Å². The van der Waals surface area contributed by atoms with Gasteiger partial charge >= 0.3 is 5.97 Å². The highest BCUT2D eigenvalue weighted by atomic mass is 35.5. The van der Waals surface area contributed by atoms with Gasteiger partial charge in [-0.2, -0.15) is 0 Å². The minimum absolute atomic E-state index is 0.0755. The van der Waals surface area contributed by atoms with E-state index in [1.54, 1.807) is 19.2 Å². The van der Waals surface area contributed by atoms with E-state index in [9.17, 15) is 4.79 Å². The van der Waals surface area contributed by atoms with Gasteiger partial charge in [0.15, 0.2) is 11.5 Å². The van der Waals surface area contributed by atoms with Crippen LogP contribution in [0.5, 0.6) is 11.5 Å². The molecule has 0 bridgehead atoms. The van der Waals surface area contributed by atoms with Crippen molar-refractivity contribution in [1.29, 1.82) is 0 Å². The summed E-state index contributed by atoms with van der Waals surface area (Å²) in [4.78, 5) is 20.4. The number of carbonyl (C=O) groups is 1. The van der Waals surface area contributed by atoms with Gasteiger partial charge in [0.25, 0.3) is 0 Å². The number of aromatic nitrogens is 2. The Morgan fingerprint density at radius 3 is 2.78 bits per heavy atom. The second-order valence-electron chi connectivity index (χ2n) is 5.39. The van der Waals surface area contributed by atoms with Crippen molar-refractivity contribution in [2.75, 3.05) is 13.7 Å². The van der Waals surface area contributed by atoms with Crippen LogP contribution in [0, 0.1) is 0 Å². The minimum Gasteiger partial charge on any atom is -0.493 e. The Morgan fingerprint density at radius 2 is 2.07 bits per heavy atom. The van der Waals surface area contributed by atoms with E-state index in [-0.39, 0.29) is 6.61 Å². The van der Waals surface area contributed by atoms with Gasteiger partial charge in [0.05, 0.1) is 25.0 Å². The van der Waals surface area contributed by atoms with E-state index in [1.165, 1.54) is 17.5 Å². The van der Waals surface area contributed by atoms with Gasteiger partial charge in [0, 0.05) is 17.1 Å². The van der Waals surface area contributed by atoms with Crippen LogP contribution in [-0.4, -0.2) is 29.7 Å². The number of thiazole rings is 1. The van der Waals surface area contributed by atoms with Gasteiger partial charge in [-0.05, 0) is 37.3 Å². The van der Waals surface area contributed by atoms with Gasteiger partial charge in [-0.1, -0.05) is 11.6 Å². The molecule has 0 saturated heterocycles. The Kier molecular flexibility index (Phi) is 6.26. The summed E-state index contributed by atoms with van der Waals surface area (Å²) in [6.07, 6.45) is 1.38. The fourth-order valence-corrected chi connectivity index (χ4v) is 3.21. The van der Waals surface area contributed by atoms with Crippen LogP contribution in [0.1, 0.15) is 23.0 Å². The second kappa shape index (κ2) is 8.83. The Labute approximate surface area is 165 Å². The van der Waals surface area contributed by atoms with Crippen molar-refractivity contribution in [2.24, 2.45) is 0 Å². The first-order valence-corrected chi connectivity index (χ1v) is 9.40. The highest BCUT2D eigenvalue weighted by molar-refractivity contribution is 7.13. The summed E-state index contributed by atoms with van der Waals surface area (Å²) in [6.45, 7) is 2.56. The van der Waals surface area contributed by atoms with Crippen LogP contribution >= 0.6 is 22.9 Å². The highest BCUT2D eigenvalue weighted by Crippen LogP contribution is 2.33. The number of hydrogen-bond donors (Lipinski definition) is 0. The van der Waals surface area contributed by atoms with Gasteiger partial charge in [-0.15, -0.1) is 11.3 Å². The first kappa shape index (κ1) is 19.1. The standard InChI is InChI=1S/C19H17ClN2O4S/c1-3-25-15-6-4-12(8-16(15)24-2)18-22-14(11-27-18)10-26-19(23)13-5-7-17(20)21-9-13/h4-9,11H,3,10H2,1-2H3. The summed E-state index contributed by atoms with van der Waals surface area (Å²) in [6, 6.07) is 8.75. The third kappa shape index (κ3) is 4.75. The van der Waals surface area contributed by atoms with Crippen molar-refractivity contribution >= 4 is 28.9 Å². The second-order valence-corrected chi connectivity index (χ2v) is 6.63. The number of hydrogen-bond acceptors (Lipinski definition) is 7. The maximum Gasteiger partial charge on any atom is 0.340 e. The summed E-state index contributed by atoms with van der Waals surface area (Å²) in [7, 11) is 1.60. The van der Waals surface area contributed by atoms with Crippen LogP contribution in [0.25, 0.3) is 10.6 Å². The molecule has 0 aliphatic rings. The largest absolute Gasteiger partial charge is 0.493 e. The van der Waals surface area contributed by atoms with E-state index in [1.807, 2.05) is 30.5 Å². The number of rotatable bonds is 7. The third-order valence-corrected chi connectivity index (χ3v) is 4.74. The molecule has 0 atom stereocenters. The van der Waals surface area contributed by atoms with E-state index >= 15 is 0 Å². The number of methoxy groups -OCH3 is 1. The number of carbonyl (C=O) groups excluding carboxylic acids is 1. The summed E-state index contributed by atoms with van der Waals surface area (Å²) in [5, 5.41) is 2.98. The molecule has 2 heterocycles. The van der Waals surface area contributed by atoms with Crippen molar-refractivity contribution in [3.63, 3.8) is 0 Å². The van der Waals surface area contributed by atoms with Gasteiger partial charge in [-0.3, -0.25) is 0 Å². The molecule has 0 amide bonds. The normalized spacial score (nSPS) is 10.5. The minimum atomic E-state index is -0.476. The van der Waals surface area contributed by atoms with Gasteiger partial charge in [0.2, 0.25) is 0 Å². The summed E-state index contributed by atoms with van der Waals surface area (Å²) >= 11 is 7.17. The fourth-order valence-electron chi connectivity index (χ4n) is 2.30. The molecule has 1 aromatic carbocycles. The molecule has 27 heavy (non-hydrogen) atoms. The predicted molar refractivity (Wildman–Crippen MR) is 104 cm³/mol. The van der Waals surface area contributed by atoms with E-state index in [0.717, 1.165) is 10.6 Å². The van der Waals surface area contributed by atoms with Gasteiger partial charge in [0.1, 0.15) is 16.8 Å². The zero-order valence-electron chi connectivity index (χ0n) is 14.8. The van der Waals surface area contributed by atoms with Crippen LogP contribution in [-0.2, 0) is 11.3 Å². The molecule has 6 nitrogen and oxygen atoms in total. The maximum atomic E-state index is 12.0. The smallest absolute Gasteiger partial charge is 0.340 e. The van der Waals surface area contributed by atoms with Crippen molar-refractivity contribution in [2.45, 2.75) is 13.5 Å². The fraction of sp³-hybridized carbons (Fsp3) is 0.211. The Morgan fingerprint density at radius 1 is 1.22 bits per heavy atom. The van der Waals surface area contributed by atoms with Gasteiger partial charge in [-0.25, -0.2) is 14.8 Å². The lowest BCUT2D eigenvalue weighted by Gasteiger charge is -2.09. The lowest BCUT2D eigenvalue weighted by atomic mass is 10.2. The van der Waals surface area contributed by atoms with Crippen LogP contribution in [0.15, 0.2) is 41.9 Å². The molecule has 3 aromatic rings. The molecule has 0 aliphatic heterocycles. The number of halogens is 1. The van der Waals surface area contributed by atoms with Crippen LogP contribution < -0.4 is 9.47 Å². The molecule has 8 heteroatoms. The number of esters is 1. The first-order chi connectivity index (χ1) is 13.1. The molecule has 0 N–H and O–H groups in total. The zero-order chi connectivity index (χ0) is 19.2. The predicted octanol–water partition coefficient (Wildman–Crippen LogP) is 4.62. The molecular weight excluding hydrogens is 388 g/mol. The Hall–Kier alpha value is -2.64. The first-order valence-electron chi connectivity index (χ1n) is 8.15. The molecule has 0 unspecified atom stereocenters. The van der Waals surface area contributed by atoms with E-state index in [2.05, 4.69) is 9.97 Å². The number of ether oxygens (including phenoxy) is 3. The number of benzene rings is 1. The molecular formula is C19H17ClN2O4S. The summed E-state index contributed by atoms with van der Waals surface area (Å²) in [5.41, 5.74) is 1.91. The lowest BCUT2D eigenvalue weighted by molar-refractivity contribution is 0.0468. The summed E-state index contributed by atoms with van der Waals surface area (Å²) < 4.78 is 16.2. The van der Waals surface area contributed by atoms with Gasteiger partial charge < -0.3 is 14.2 Å².